The van der Waals surface area contributed by atoms with E-state index in [1.54, 1.807) is 0 Å². The van der Waals surface area contributed by atoms with Crippen LogP contribution in [0.3, 0.4) is 0 Å². The summed E-state index contributed by atoms with van der Waals surface area (Å²) >= 11 is 5.47. The Morgan fingerprint density at radius 3 is 2.74 bits per heavy atom. The third-order valence-corrected chi connectivity index (χ3v) is 5.59. The average Bonchev–Trinajstić information content (AvgIpc) is 2.98. The molecule has 0 spiro atoms. The molecule has 96 valence electrons. The predicted molar refractivity (Wildman–Crippen MR) is 81.4 cm³/mol. The van der Waals surface area contributed by atoms with Crippen molar-refractivity contribution in [3.05, 3.63) is 64.1 Å². The minimum absolute atomic E-state index is 0.269. The fourth-order valence-electron chi connectivity index (χ4n) is 3.02. The molecule has 2 heterocycles. The molecule has 3 atom stereocenters. The van der Waals surface area contributed by atoms with Gasteiger partial charge in [0.25, 0.3) is 0 Å². The smallest absolute Gasteiger partial charge is 0.0960 e. The zero-order valence-corrected chi connectivity index (χ0v) is 12.7. The highest BCUT2D eigenvalue weighted by atomic mass is 79.9. The number of hydrogen-bond acceptors (Lipinski definition) is 2. The van der Waals surface area contributed by atoms with Gasteiger partial charge in [0.1, 0.15) is 0 Å². The summed E-state index contributed by atoms with van der Waals surface area (Å²) in [6.07, 6.45) is 1.70. The number of halogens is 1. The monoisotopic (exact) mass is 332 g/mol. The lowest BCUT2D eigenvalue weighted by molar-refractivity contribution is 0.0728. The van der Waals surface area contributed by atoms with Crippen molar-refractivity contribution in [2.75, 3.05) is 0 Å². The molecule has 2 aliphatic heterocycles. The summed E-state index contributed by atoms with van der Waals surface area (Å²) in [5, 5.41) is 0.536. The second-order valence-corrected chi connectivity index (χ2v) is 7.25. The lowest BCUT2D eigenvalue weighted by Crippen LogP contribution is -2.12. The molecular formula is C16H13BrOS. The Hall–Kier alpha value is -0.770. The van der Waals surface area contributed by atoms with E-state index in [1.165, 1.54) is 16.0 Å². The molecule has 1 nitrogen and oxygen atoms in total. The summed E-state index contributed by atoms with van der Waals surface area (Å²) in [5.74, 6) is 0. The molecule has 19 heavy (non-hydrogen) atoms. The second kappa shape index (κ2) is 4.65. The minimum atomic E-state index is 0.269. The standard InChI is InChI=1S/C16H13BrOS/c17-10-4-3-5-11(8-10)19-15-9-14-12-6-1-2-7-13(12)16(15)18-14/h1-8,14-16H,9H2/t14-,15+,16-/m0/s1. The molecular weight excluding hydrogens is 320 g/mol. The van der Waals surface area contributed by atoms with Gasteiger partial charge in [-0.05, 0) is 35.7 Å². The van der Waals surface area contributed by atoms with Crippen LogP contribution in [0.15, 0.2) is 57.9 Å². The molecule has 3 heteroatoms. The molecule has 0 radical (unpaired) electrons. The van der Waals surface area contributed by atoms with Crippen molar-refractivity contribution in [3.63, 3.8) is 0 Å². The fraction of sp³-hybridized carbons (Fsp3) is 0.250. The van der Waals surface area contributed by atoms with Crippen LogP contribution in [0.5, 0.6) is 0 Å². The minimum Gasteiger partial charge on any atom is -0.364 e. The Bertz CT molecular complexity index is 628. The molecule has 0 amide bonds. The topological polar surface area (TPSA) is 9.23 Å². The number of thioether (sulfide) groups is 1. The van der Waals surface area contributed by atoms with E-state index in [4.69, 9.17) is 4.74 Å². The fourth-order valence-corrected chi connectivity index (χ4v) is 4.87. The molecule has 0 unspecified atom stereocenters. The van der Waals surface area contributed by atoms with Crippen molar-refractivity contribution < 1.29 is 4.74 Å². The summed E-state index contributed by atoms with van der Waals surface area (Å²) in [6, 6.07) is 17.2. The van der Waals surface area contributed by atoms with Crippen LogP contribution in [-0.4, -0.2) is 5.25 Å². The molecule has 0 saturated carbocycles. The number of benzene rings is 2. The van der Waals surface area contributed by atoms with Gasteiger partial charge in [0.2, 0.25) is 0 Å². The van der Waals surface area contributed by atoms with Gasteiger partial charge in [0.05, 0.1) is 12.2 Å². The lowest BCUT2D eigenvalue weighted by atomic mass is 9.92. The maximum Gasteiger partial charge on any atom is 0.0960 e. The van der Waals surface area contributed by atoms with E-state index < -0.39 is 0 Å². The number of fused-ring (bicyclic) bond motifs is 5. The summed E-state index contributed by atoms with van der Waals surface area (Å²) in [7, 11) is 0. The van der Waals surface area contributed by atoms with Gasteiger partial charge in [0, 0.05) is 14.6 Å². The molecule has 1 fully saturated rings. The molecule has 2 aromatic carbocycles. The Balaban J connectivity index is 1.60. The van der Waals surface area contributed by atoms with Crippen LogP contribution in [0.4, 0.5) is 0 Å². The van der Waals surface area contributed by atoms with Crippen LogP contribution >= 0.6 is 27.7 Å². The SMILES string of the molecule is Brc1cccc(S[C@@H]2C[C@@H]3O[C@H]2c2ccccc23)c1. The average molecular weight is 333 g/mol. The maximum absolute atomic E-state index is 6.13. The highest BCUT2D eigenvalue weighted by Crippen LogP contribution is 2.55. The van der Waals surface area contributed by atoms with Gasteiger partial charge in [-0.3, -0.25) is 0 Å². The highest BCUT2D eigenvalue weighted by Gasteiger charge is 2.45. The first-order valence-corrected chi connectivity index (χ1v) is 8.15. The van der Waals surface area contributed by atoms with Gasteiger partial charge < -0.3 is 4.74 Å². The van der Waals surface area contributed by atoms with E-state index in [2.05, 4.69) is 64.5 Å². The van der Waals surface area contributed by atoms with Gasteiger partial charge in [-0.1, -0.05) is 46.3 Å². The number of ether oxygens (including phenoxy) is 1. The predicted octanol–water partition coefficient (Wildman–Crippen LogP) is 5.13. The van der Waals surface area contributed by atoms with E-state index in [9.17, 15) is 0 Å². The molecule has 2 bridgehead atoms. The lowest BCUT2D eigenvalue weighted by Gasteiger charge is -2.20. The van der Waals surface area contributed by atoms with E-state index in [1.807, 2.05) is 11.8 Å². The molecule has 2 aliphatic rings. The molecule has 1 saturated heterocycles. The van der Waals surface area contributed by atoms with Gasteiger partial charge in [-0.25, -0.2) is 0 Å². The van der Waals surface area contributed by atoms with Crippen molar-refractivity contribution in [1.29, 1.82) is 0 Å². The van der Waals surface area contributed by atoms with Gasteiger partial charge in [-0.15, -0.1) is 11.8 Å². The Morgan fingerprint density at radius 2 is 1.89 bits per heavy atom. The molecule has 2 aromatic rings. The van der Waals surface area contributed by atoms with Gasteiger partial charge in [-0.2, -0.15) is 0 Å². The van der Waals surface area contributed by atoms with E-state index in [-0.39, 0.29) is 6.10 Å². The summed E-state index contributed by atoms with van der Waals surface area (Å²) in [4.78, 5) is 1.31. The number of hydrogen-bond donors (Lipinski definition) is 0. The Morgan fingerprint density at radius 1 is 1.05 bits per heavy atom. The van der Waals surface area contributed by atoms with Crippen LogP contribution in [0, 0.1) is 0 Å². The maximum atomic E-state index is 6.13. The number of rotatable bonds is 2. The van der Waals surface area contributed by atoms with Gasteiger partial charge in [0.15, 0.2) is 0 Å². The van der Waals surface area contributed by atoms with Crippen molar-refractivity contribution >= 4 is 27.7 Å². The van der Waals surface area contributed by atoms with Crippen LogP contribution in [0.2, 0.25) is 0 Å². The first-order valence-electron chi connectivity index (χ1n) is 6.48. The summed E-state index contributed by atoms with van der Waals surface area (Å²) in [6.45, 7) is 0. The Labute approximate surface area is 125 Å². The van der Waals surface area contributed by atoms with Crippen molar-refractivity contribution in [2.45, 2.75) is 28.8 Å². The zero-order chi connectivity index (χ0) is 12.8. The molecule has 0 aromatic heterocycles. The van der Waals surface area contributed by atoms with E-state index >= 15 is 0 Å². The van der Waals surface area contributed by atoms with Crippen molar-refractivity contribution in [2.24, 2.45) is 0 Å². The van der Waals surface area contributed by atoms with Crippen LogP contribution in [0.25, 0.3) is 0 Å². The molecule has 0 N–H and O–H groups in total. The first kappa shape index (κ1) is 12.0. The van der Waals surface area contributed by atoms with Crippen LogP contribution < -0.4 is 0 Å². The van der Waals surface area contributed by atoms with Crippen molar-refractivity contribution in [1.82, 2.24) is 0 Å². The summed E-state index contributed by atoms with van der Waals surface area (Å²) in [5.41, 5.74) is 2.80. The quantitative estimate of drug-likeness (QED) is 0.754. The zero-order valence-electron chi connectivity index (χ0n) is 10.3. The van der Waals surface area contributed by atoms with Crippen LogP contribution in [0.1, 0.15) is 29.8 Å². The third kappa shape index (κ3) is 2.04. The normalized spacial score (nSPS) is 27.5. The van der Waals surface area contributed by atoms with Crippen molar-refractivity contribution in [3.8, 4) is 0 Å². The highest BCUT2D eigenvalue weighted by molar-refractivity contribution is 9.10. The Kier molecular flexibility index (Phi) is 2.94. The van der Waals surface area contributed by atoms with Gasteiger partial charge >= 0.3 is 0 Å². The molecule has 0 aliphatic carbocycles. The molecule has 4 rings (SSSR count). The second-order valence-electron chi connectivity index (χ2n) is 5.02. The van der Waals surface area contributed by atoms with E-state index in [0.717, 1.165) is 10.9 Å². The van der Waals surface area contributed by atoms with Crippen LogP contribution in [-0.2, 0) is 4.74 Å². The summed E-state index contributed by atoms with van der Waals surface area (Å²) < 4.78 is 7.27. The van der Waals surface area contributed by atoms with E-state index in [0.29, 0.717) is 11.4 Å². The first-order chi connectivity index (χ1) is 9.31. The largest absolute Gasteiger partial charge is 0.364 e. The third-order valence-electron chi connectivity index (χ3n) is 3.83.